The van der Waals surface area contributed by atoms with Gasteiger partial charge < -0.3 is 20.3 Å². The molecule has 1 atom stereocenters. The van der Waals surface area contributed by atoms with Crippen molar-refractivity contribution in [2.75, 3.05) is 31.6 Å². The molecule has 1 saturated heterocycles. The number of carbonyl (C=O) groups excluding carboxylic acids is 1. The number of ether oxygens (including phenoxy) is 1. The average molecular weight is 458 g/mol. The molecule has 0 bridgehead atoms. The Balaban J connectivity index is 1.21. The van der Waals surface area contributed by atoms with Crippen LogP contribution in [0.5, 0.6) is 5.75 Å². The molecule has 0 saturated carbocycles. The number of nitrogens with zero attached hydrogens (tertiary/aromatic N) is 1. The number of anilines is 1. The number of amides is 1. The normalized spacial score (nSPS) is 15.1. The van der Waals surface area contributed by atoms with E-state index in [1.165, 1.54) is 11.3 Å². The quantitative estimate of drug-likeness (QED) is 0.475. The van der Waals surface area contributed by atoms with E-state index in [1.807, 2.05) is 61.5 Å². The second-order valence-corrected chi connectivity index (χ2v) is 8.97. The molecule has 0 aliphatic carbocycles. The molecule has 1 amide bonds. The molecule has 1 unspecified atom stereocenters. The predicted octanol–water partition coefficient (Wildman–Crippen LogP) is 4.99. The van der Waals surface area contributed by atoms with Crippen LogP contribution in [0.4, 0.5) is 5.69 Å². The van der Waals surface area contributed by atoms with Crippen molar-refractivity contribution in [3.05, 3.63) is 95.6 Å². The lowest BCUT2D eigenvalue weighted by Gasteiger charge is -2.34. The maximum Gasteiger partial charge on any atom is 0.251 e. The zero-order valence-electron chi connectivity index (χ0n) is 20.2. The van der Waals surface area contributed by atoms with Crippen molar-refractivity contribution in [3.8, 4) is 5.75 Å². The number of piperidine rings is 1. The Morgan fingerprint density at radius 3 is 2.29 bits per heavy atom. The number of benzene rings is 3. The SMILES string of the molecule is COc1ccc(CCNC2CCN(c3ccc(C(=O)NC(C)c4ccccc4)cc3)CC2)cc1. The van der Waals surface area contributed by atoms with Crippen LogP contribution in [0, 0.1) is 0 Å². The van der Waals surface area contributed by atoms with Gasteiger partial charge in [0.15, 0.2) is 0 Å². The van der Waals surface area contributed by atoms with Crippen molar-refractivity contribution < 1.29 is 9.53 Å². The number of methoxy groups -OCH3 is 1. The lowest BCUT2D eigenvalue weighted by atomic mass is 10.0. The molecule has 3 aromatic carbocycles. The third kappa shape index (κ3) is 6.39. The predicted molar refractivity (Wildman–Crippen MR) is 139 cm³/mol. The van der Waals surface area contributed by atoms with Gasteiger partial charge in [-0.25, -0.2) is 0 Å². The first-order chi connectivity index (χ1) is 16.6. The molecule has 3 aromatic rings. The van der Waals surface area contributed by atoms with Gasteiger partial charge in [0.1, 0.15) is 5.75 Å². The number of hydrogen-bond donors (Lipinski definition) is 2. The van der Waals surface area contributed by atoms with Crippen molar-refractivity contribution in [2.24, 2.45) is 0 Å². The Bertz CT molecular complexity index is 1030. The fourth-order valence-corrected chi connectivity index (χ4v) is 4.48. The maximum absolute atomic E-state index is 12.7. The van der Waals surface area contributed by atoms with Crippen molar-refractivity contribution in [3.63, 3.8) is 0 Å². The lowest BCUT2D eigenvalue weighted by molar-refractivity contribution is 0.0940. The summed E-state index contributed by atoms with van der Waals surface area (Å²) in [6, 6.07) is 26.9. The van der Waals surface area contributed by atoms with Crippen molar-refractivity contribution in [2.45, 2.75) is 38.3 Å². The van der Waals surface area contributed by atoms with Gasteiger partial charge in [0.2, 0.25) is 0 Å². The summed E-state index contributed by atoms with van der Waals surface area (Å²) in [6.07, 6.45) is 3.27. The van der Waals surface area contributed by atoms with Crippen LogP contribution in [-0.4, -0.2) is 38.7 Å². The number of hydrogen-bond acceptors (Lipinski definition) is 4. The lowest BCUT2D eigenvalue weighted by Crippen LogP contribution is -2.43. The third-order valence-electron chi connectivity index (χ3n) is 6.64. The molecule has 1 aliphatic heterocycles. The molecule has 2 N–H and O–H groups in total. The van der Waals surface area contributed by atoms with E-state index in [-0.39, 0.29) is 11.9 Å². The number of rotatable bonds is 9. The van der Waals surface area contributed by atoms with Gasteiger partial charge in [-0.15, -0.1) is 0 Å². The van der Waals surface area contributed by atoms with Gasteiger partial charge >= 0.3 is 0 Å². The maximum atomic E-state index is 12.7. The number of nitrogens with one attached hydrogen (secondary N) is 2. The Labute approximate surface area is 203 Å². The van der Waals surface area contributed by atoms with Crippen molar-refractivity contribution in [1.82, 2.24) is 10.6 Å². The van der Waals surface area contributed by atoms with E-state index in [0.29, 0.717) is 11.6 Å². The van der Waals surface area contributed by atoms with E-state index in [1.54, 1.807) is 7.11 Å². The molecule has 0 spiro atoms. The monoisotopic (exact) mass is 457 g/mol. The summed E-state index contributed by atoms with van der Waals surface area (Å²) in [5.41, 5.74) is 4.31. The van der Waals surface area contributed by atoms with Crippen LogP contribution in [0.15, 0.2) is 78.9 Å². The van der Waals surface area contributed by atoms with Gasteiger partial charge in [-0.1, -0.05) is 42.5 Å². The van der Waals surface area contributed by atoms with Gasteiger partial charge in [0, 0.05) is 30.4 Å². The molecular weight excluding hydrogens is 422 g/mol. The van der Waals surface area contributed by atoms with Gasteiger partial charge in [0.05, 0.1) is 13.2 Å². The molecule has 1 aliphatic rings. The fraction of sp³-hybridized carbons (Fsp3) is 0.345. The van der Waals surface area contributed by atoms with E-state index < -0.39 is 0 Å². The Hall–Kier alpha value is -3.31. The van der Waals surface area contributed by atoms with E-state index >= 15 is 0 Å². The number of carbonyl (C=O) groups is 1. The highest BCUT2D eigenvalue weighted by Crippen LogP contribution is 2.21. The zero-order valence-corrected chi connectivity index (χ0v) is 20.2. The molecule has 34 heavy (non-hydrogen) atoms. The highest BCUT2D eigenvalue weighted by Gasteiger charge is 2.19. The average Bonchev–Trinajstić information content (AvgIpc) is 2.90. The molecule has 1 heterocycles. The third-order valence-corrected chi connectivity index (χ3v) is 6.64. The fourth-order valence-electron chi connectivity index (χ4n) is 4.48. The summed E-state index contributed by atoms with van der Waals surface area (Å²) >= 11 is 0. The molecule has 5 nitrogen and oxygen atoms in total. The van der Waals surface area contributed by atoms with E-state index in [9.17, 15) is 4.79 Å². The minimum Gasteiger partial charge on any atom is -0.497 e. The molecule has 0 radical (unpaired) electrons. The Kier molecular flexibility index (Phi) is 8.21. The summed E-state index contributed by atoms with van der Waals surface area (Å²) < 4.78 is 5.23. The standard InChI is InChI=1S/C29H35N3O2/c1-22(24-6-4-3-5-7-24)31-29(33)25-10-12-27(13-11-25)32-20-17-26(18-21-32)30-19-16-23-8-14-28(34-2)15-9-23/h3-15,22,26,30H,16-21H2,1-2H3,(H,31,33). The molecule has 1 fully saturated rings. The molecule has 5 heteroatoms. The first kappa shape index (κ1) is 23.8. The van der Waals surface area contributed by atoms with Gasteiger partial charge in [-0.3, -0.25) is 4.79 Å². The van der Waals surface area contributed by atoms with Crippen molar-refractivity contribution >= 4 is 11.6 Å². The summed E-state index contributed by atoms with van der Waals surface area (Å²) in [5, 5.41) is 6.80. The molecule has 0 aromatic heterocycles. The highest BCUT2D eigenvalue weighted by atomic mass is 16.5. The summed E-state index contributed by atoms with van der Waals surface area (Å²) in [6.45, 7) is 5.05. The van der Waals surface area contributed by atoms with E-state index in [0.717, 1.165) is 50.2 Å². The van der Waals surface area contributed by atoms with Crippen LogP contribution in [0.25, 0.3) is 0 Å². The van der Waals surface area contributed by atoms with Crippen molar-refractivity contribution in [1.29, 1.82) is 0 Å². The molecule has 178 valence electrons. The van der Waals surface area contributed by atoms with E-state index in [4.69, 9.17) is 4.74 Å². The minimum atomic E-state index is -0.0392. The summed E-state index contributed by atoms with van der Waals surface area (Å²) in [5.74, 6) is 0.863. The Morgan fingerprint density at radius 1 is 0.971 bits per heavy atom. The van der Waals surface area contributed by atoms with Crippen LogP contribution in [0.1, 0.15) is 47.3 Å². The smallest absolute Gasteiger partial charge is 0.251 e. The molecular formula is C29H35N3O2. The summed E-state index contributed by atoms with van der Waals surface area (Å²) in [7, 11) is 1.70. The van der Waals surface area contributed by atoms with Gasteiger partial charge in [0.25, 0.3) is 5.91 Å². The van der Waals surface area contributed by atoms with Crippen LogP contribution >= 0.6 is 0 Å². The zero-order chi connectivity index (χ0) is 23.8. The Morgan fingerprint density at radius 2 is 1.65 bits per heavy atom. The second kappa shape index (κ2) is 11.7. The first-order valence-electron chi connectivity index (χ1n) is 12.2. The van der Waals surface area contributed by atoms with Gasteiger partial charge in [-0.05, 0) is 80.3 Å². The molecule has 4 rings (SSSR count). The van der Waals surface area contributed by atoms with E-state index in [2.05, 4.69) is 39.8 Å². The largest absolute Gasteiger partial charge is 0.497 e. The van der Waals surface area contributed by atoms with Crippen LogP contribution in [0.3, 0.4) is 0 Å². The minimum absolute atomic E-state index is 0.0235. The summed E-state index contributed by atoms with van der Waals surface area (Å²) in [4.78, 5) is 15.1. The van der Waals surface area contributed by atoms with Crippen LogP contribution < -0.4 is 20.3 Å². The topological polar surface area (TPSA) is 53.6 Å². The van der Waals surface area contributed by atoms with Gasteiger partial charge in [-0.2, -0.15) is 0 Å². The highest BCUT2D eigenvalue weighted by molar-refractivity contribution is 5.94. The first-order valence-corrected chi connectivity index (χ1v) is 12.2. The van der Waals surface area contributed by atoms with Crippen LogP contribution in [0.2, 0.25) is 0 Å². The second-order valence-electron chi connectivity index (χ2n) is 8.97. The van der Waals surface area contributed by atoms with Crippen LogP contribution in [-0.2, 0) is 6.42 Å².